The standard InChI is InChI=1S/C13H17N5O6S/c14-10-7-11(16-4-15-10)18(13(17-7)25-2-1-6(20)21)12-9(23)8(22)5(3-19)24-12/h4-5,8-9,12,19,22-23H,1-3H2,(H,20,21)(H2,14,15,16)/t5-,8?,9?,12-/m1/s1. The van der Waals surface area contributed by atoms with Gasteiger partial charge < -0.3 is 30.9 Å². The van der Waals surface area contributed by atoms with Crippen LogP contribution >= 0.6 is 11.8 Å². The van der Waals surface area contributed by atoms with Crippen molar-refractivity contribution in [2.75, 3.05) is 18.1 Å². The van der Waals surface area contributed by atoms with Crippen LogP contribution < -0.4 is 5.73 Å². The van der Waals surface area contributed by atoms with Crippen LogP contribution in [0.1, 0.15) is 12.6 Å². The summed E-state index contributed by atoms with van der Waals surface area (Å²) < 4.78 is 6.97. The van der Waals surface area contributed by atoms with Gasteiger partial charge in [-0.3, -0.25) is 9.36 Å². The molecule has 2 aromatic heterocycles. The van der Waals surface area contributed by atoms with Gasteiger partial charge in [-0.25, -0.2) is 15.0 Å². The van der Waals surface area contributed by atoms with Crippen molar-refractivity contribution in [3.63, 3.8) is 0 Å². The fourth-order valence-corrected chi connectivity index (χ4v) is 3.50. The van der Waals surface area contributed by atoms with Gasteiger partial charge in [0.05, 0.1) is 13.0 Å². The molecule has 1 aliphatic heterocycles. The van der Waals surface area contributed by atoms with Crippen molar-refractivity contribution >= 4 is 34.7 Å². The highest BCUT2D eigenvalue weighted by molar-refractivity contribution is 7.99. The third kappa shape index (κ3) is 3.26. The van der Waals surface area contributed by atoms with Crippen LogP contribution in [-0.2, 0) is 9.53 Å². The number of carboxylic acids is 1. The number of fused-ring (bicyclic) bond motifs is 1. The number of thioether (sulfide) groups is 1. The van der Waals surface area contributed by atoms with Gasteiger partial charge in [-0.1, -0.05) is 11.8 Å². The largest absolute Gasteiger partial charge is 0.481 e. The summed E-state index contributed by atoms with van der Waals surface area (Å²) in [4.78, 5) is 23.0. The summed E-state index contributed by atoms with van der Waals surface area (Å²) in [5.41, 5.74) is 6.36. The van der Waals surface area contributed by atoms with Crippen LogP contribution in [0.3, 0.4) is 0 Å². The second-order valence-electron chi connectivity index (χ2n) is 5.42. The van der Waals surface area contributed by atoms with E-state index in [4.69, 9.17) is 15.6 Å². The molecule has 3 rings (SSSR count). The Hall–Kier alpha value is -1.99. The molecule has 1 aliphatic rings. The van der Waals surface area contributed by atoms with Crippen molar-refractivity contribution in [1.29, 1.82) is 0 Å². The van der Waals surface area contributed by atoms with Crippen molar-refractivity contribution in [2.24, 2.45) is 0 Å². The zero-order valence-electron chi connectivity index (χ0n) is 12.9. The Morgan fingerprint density at radius 2 is 2.12 bits per heavy atom. The van der Waals surface area contributed by atoms with Gasteiger partial charge in [0.1, 0.15) is 24.6 Å². The third-order valence-corrected chi connectivity index (χ3v) is 4.75. The Bertz CT molecular complexity index is 786. The summed E-state index contributed by atoms with van der Waals surface area (Å²) in [6, 6.07) is 0. The summed E-state index contributed by atoms with van der Waals surface area (Å²) in [6.07, 6.45) is -3.51. The molecule has 25 heavy (non-hydrogen) atoms. The maximum atomic E-state index is 10.7. The molecule has 0 bridgehead atoms. The molecule has 0 aliphatic carbocycles. The normalized spacial score (nSPS) is 26.4. The summed E-state index contributed by atoms with van der Waals surface area (Å²) in [6.45, 7) is -0.472. The van der Waals surface area contributed by atoms with E-state index >= 15 is 0 Å². The molecule has 0 radical (unpaired) electrons. The summed E-state index contributed by atoms with van der Waals surface area (Å²) >= 11 is 1.12. The number of rotatable bonds is 6. The zero-order valence-corrected chi connectivity index (χ0v) is 13.7. The minimum atomic E-state index is -1.33. The minimum absolute atomic E-state index is 0.0923. The van der Waals surface area contributed by atoms with Crippen LogP contribution in [0.5, 0.6) is 0 Å². The zero-order chi connectivity index (χ0) is 18.1. The first-order valence-electron chi connectivity index (χ1n) is 7.39. The molecule has 2 unspecified atom stereocenters. The van der Waals surface area contributed by atoms with E-state index < -0.39 is 37.1 Å². The number of nitrogens with two attached hydrogens (primary N) is 1. The molecule has 3 heterocycles. The number of hydrogen-bond donors (Lipinski definition) is 5. The molecule has 12 heteroatoms. The van der Waals surface area contributed by atoms with Crippen LogP contribution in [0.4, 0.5) is 5.82 Å². The molecule has 11 nitrogen and oxygen atoms in total. The molecule has 0 aromatic carbocycles. The number of hydrogen-bond acceptors (Lipinski definition) is 10. The van der Waals surface area contributed by atoms with Gasteiger partial charge in [-0.05, 0) is 0 Å². The van der Waals surface area contributed by atoms with E-state index in [1.165, 1.54) is 10.9 Å². The fraction of sp³-hybridized carbons (Fsp3) is 0.538. The molecular weight excluding hydrogens is 354 g/mol. The Labute approximate surface area is 145 Å². The third-order valence-electron chi connectivity index (χ3n) is 3.79. The van der Waals surface area contributed by atoms with Crippen molar-refractivity contribution in [2.45, 2.75) is 36.1 Å². The van der Waals surface area contributed by atoms with Crippen molar-refractivity contribution < 1.29 is 30.0 Å². The van der Waals surface area contributed by atoms with E-state index in [1.807, 2.05) is 0 Å². The Morgan fingerprint density at radius 1 is 1.36 bits per heavy atom. The van der Waals surface area contributed by atoms with E-state index in [1.54, 1.807) is 0 Å². The Kier molecular flexibility index (Phi) is 5.06. The monoisotopic (exact) mass is 371 g/mol. The maximum Gasteiger partial charge on any atom is 0.304 e. The number of aliphatic hydroxyl groups is 3. The number of carboxylic acid groups (broad SMARTS) is 1. The van der Waals surface area contributed by atoms with Gasteiger partial charge in [0.25, 0.3) is 0 Å². The van der Waals surface area contributed by atoms with Crippen molar-refractivity contribution in [3.8, 4) is 0 Å². The molecule has 0 amide bonds. The van der Waals surface area contributed by atoms with Crippen molar-refractivity contribution in [3.05, 3.63) is 6.33 Å². The fourth-order valence-electron chi connectivity index (χ4n) is 2.56. The highest BCUT2D eigenvalue weighted by Gasteiger charge is 2.45. The lowest BCUT2D eigenvalue weighted by Gasteiger charge is -2.18. The molecule has 0 spiro atoms. The van der Waals surface area contributed by atoms with Crippen LogP contribution in [0.15, 0.2) is 11.5 Å². The summed E-state index contributed by atoms with van der Waals surface area (Å²) in [7, 11) is 0. The highest BCUT2D eigenvalue weighted by Crippen LogP contribution is 2.36. The molecular formula is C13H17N5O6S. The van der Waals surface area contributed by atoms with E-state index in [0.29, 0.717) is 5.16 Å². The van der Waals surface area contributed by atoms with Crippen molar-refractivity contribution in [1.82, 2.24) is 19.5 Å². The van der Waals surface area contributed by atoms with Gasteiger partial charge >= 0.3 is 5.97 Å². The summed E-state index contributed by atoms with van der Waals surface area (Å²) in [5, 5.41) is 38.6. The average molecular weight is 371 g/mol. The van der Waals surface area contributed by atoms with E-state index in [0.717, 1.165) is 11.8 Å². The lowest BCUT2D eigenvalue weighted by Crippen LogP contribution is -2.33. The van der Waals surface area contributed by atoms with Crippen LogP contribution in [0, 0.1) is 0 Å². The molecule has 4 atom stereocenters. The number of nitrogens with zero attached hydrogens (tertiary/aromatic N) is 4. The second-order valence-corrected chi connectivity index (χ2v) is 6.48. The smallest absolute Gasteiger partial charge is 0.304 e. The molecule has 0 saturated carbocycles. The molecule has 1 fully saturated rings. The Balaban J connectivity index is 2.02. The predicted molar refractivity (Wildman–Crippen MR) is 85.7 cm³/mol. The number of nitrogen functional groups attached to an aromatic ring is 1. The second kappa shape index (κ2) is 7.09. The van der Waals surface area contributed by atoms with Gasteiger partial charge in [-0.2, -0.15) is 0 Å². The first kappa shape index (κ1) is 17.8. The minimum Gasteiger partial charge on any atom is -0.481 e. The highest BCUT2D eigenvalue weighted by atomic mass is 32.2. The number of aliphatic carboxylic acids is 1. The SMILES string of the molecule is Nc1ncnc2c1nc(SCCC(=O)O)n2[C@@H]1O[C@H](CO)C(O)C1O. The van der Waals surface area contributed by atoms with E-state index in [9.17, 15) is 20.1 Å². The maximum absolute atomic E-state index is 10.7. The molecule has 1 saturated heterocycles. The lowest BCUT2D eigenvalue weighted by atomic mass is 10.1. The lowest BCUT2D eigenvalue weighted by molar-refractivity contribution is -0.136. The number of anilines is 1. The summed E-state index contributed by atoms with van der Waals surface area (Å²) in [5.74, 6) is -0.612. The number of imidazole rings is 1. The number of aliphatic hydroxyl groups excluding tert-OH is 3. The van der Waals surface area contributed by atoms with Crippen LogP contribution in [0.2, 0.25) is 0 Å². The molecule has 2 aromatic rings. The Morgan fingerprint density at radius 3 is 2.76 bits per heavy atom. The van der Waals surface area contributed by atoms with Gasteiger partial charge in [0, 0.05) is 5.75 Å². The van der Waals surface area contributed by atoms with E-state index in [2.05, 4.69) is 15.0 Å². The average Bonchev–Trinajstić information content (AvgIpc) is 3.07. The number of aromatic nitrogens is 4. The number of carbonyl (C=O) groups is 1. The van der Waals surface area contributed by atoms with Gasteiger partial charge in [-0.15, -0.1) is 0 Å². The van der Waals surface area contributed by atoms with E-state index in [-0.39, 0.29) is 29.2 Å². The first-order chi connectivity index (χ1) is 11.9. The molecule has 6 N–H and O–H groups in total. The van der Waals surface area contributed by atoms with Crippen LogP contribution in [0.25, 0.3) is 11.2 Å². The first-order valence-corrected chi connectivity index (χ1v) is 8.38. The van der Waals surface area contributed by atoms with Crippen LogP contribution in [-0.4, -0.2) is 76.6 Å². The molecule has 136 valence electrons. The topological polar surface area (TPSA) is 177 Å². The van der Waals surface area contributed by atoms with Gasteiger partial charge in [0.2, 0.25) is 0 Å². The quantitative estimate of drug-likeness (QED) is 0.377. The van der Waals surface area contributed by atoms with Gasteiger partial charge in [0.15, 0.2) is 28.4 Å². The predicted octanol–water partition coefficient (Wildman–Crippen LogP) is -1.41. The number of ether oxygens (including phenoxy) is 1.